The van der Waals surface area contributed by atoms with E-state index in [0.29, 0.717) is 24.4 Å². The minimum absolute atomic E-state index is 0.0752. The van der Waals surface area contributed by atoms with Gasteiger partial charge in [0, 0.05) is 18.7 Å². The Kier molecular flexibility index (Phi) is 5.59. The fourth-order valence-electron chi connectivity index (χ4n) is 3.65. The third kappa shape index (κ3) is 4.02. The molecule has 2 heterocycles. The van der Waals surface area contributed by atoms with E-state index in [9.17, 15) is 19.5 Å². The third-order valence-electron chi connectivity index (χ3n) is 5.22. The number of amides is 1. The molecule has 0 bridgehead atoms. The molecule has 0 radical (unpaired) electrons. The van der Waals surface area contributed by atoms with Gasteiger partial charge in [-0.25, -0.2) is 14.4 Å². The van der Waals surface area contributed by atoms with Gasteiger partial charge in [0.15, 0.2) is 0 Å². The van der Waals surface area contributed by atoms with Crippen LogP contribution in [0.15, 0.2) is 68.8 Å². The van der Waals surface area contributed by atoms with E-state index in [1.807, 2.05) is 31.2 Å². The van der Waals surface area contributed by atoms with Gasteiger partial charge < -0.3 is 10.4 Å². The Labute approximate surface area is 182 Å². The highest BCUT2D eigenvalue weighted by Gasteiger charge is 2.18. The van der Waals surface area contributed by atoms with Gasteiger partial charge in [-0.2, -0.15) is 0 Å². The van der Waals surface area contributed by atoms with Crippen LogP contribution in [0.4, 0.5) is 0 Å². The number of benzene rings is 2. The summed E-state index contributed by atoms with van der Waals surface area (Å²) in [5.74, 6) is -0.610. The molecule has 2 aromatic carbocycles. The number of aromatic hydroxyl groups is 1. The first kappa shape index (κ1) is 21.0. The van der Waals surface area contributed by atoms with Crippen LogP contribution in [-0.2, 0) is 4.79 Å². The summed E-state index contributed by atoms with van der Waals surface area (Å²) in [5.41, 5.74) is 1.22. The first-order valence-electron chi connectivity index (χ1n) is 10.1. The van der Waals surface area contributed by atoms with Gasteiger partial charge in [0.25, 0.3) is 5.56 Å². The molecule has 1 amide bonds. The van der Waals surface area contributed by atoms with Crippen LogP contribution < -0.4 is 27.1 Å². The van der Waals surface area contributed by atoms with E-state index in [4.69, 9.17) is 0 Å². The van der Waals surface area contributed by atoms with Crippen LogP contribution >= 0.6 is 0 Å². The summed E-state index contributed by atoms with van der Waals surface area (Å²) < 4.78 is 1.05. The maximum Gasteiger partial charge on any atom is 0.335 e. The fraction of sp³-hybridized carbons (Fsp3) is 0.167. The molecule has 0 saturated heterocycles. The quantitative estimate of drug-likeness (QED) is 0.557. The van der Waals surface area contributed by atoms with Crippen molar-refractivity contribution < 1.29 is 9.90 Å². The molecule has 0 unspecified atom stereocenters. The molecule has 1 aromatic heterocycles. The molecule has 32 heavy (non-hydrogen) atoms. The summed E-state index contributed by atoms with van der Waals surface area (Å²) >= 11 is 0. The molecule has 162 valence electrons. The van der Waals surface area contributed by atoms with Crippen LogP contribution in [0.25, 0.3) is 17.3 Å². The van der Waals surface area contributed by atoms with Gasteiger partial charge in [0.2, 0.25) is 11.8 Å². The van der Waals surface area contributed by atoms with Crippen molar-refractivity contribution in [1.82, 2.24) is 14.9 Å². The molecule has 0 atom stereocenters. The first-order valence-corrected chi connectivity index (χ1v) is 10.1. The molecular weight excluding hydrogens is 408 g/mol. The van der Waals surface area contributed by atoms with Gasteiger partial charge in [-0.3, -0.25) is 14.6 Å². The van der Waals surface area contributed by atoms with E-state index in [1.165, 1.54) is 13.0 Å². The monoisotopic (exact) mass is 430 g/mol. The van der Waals surface area contributed by atoms with E-state index in [0.717, 1.165) is 26.3 Å². The second-order valence-electron chi connectivity index (χ2n) is 7.54. The Morgan fingerprint density at radius 1 is 1.16 bits per heavy atom. The number of carbonyl (C=O) groups is 1. The van der Waals surface area contributed by atoms with Crippen LogP contribution in [0.5, 0.6) is 5.88 Å². The lowest BCUT2D eigenvalue weighted by Gasteiger charge is -2.11. The van der Waals surface area contributed by atoms with Crippen LogP contribution in [0.3, 0.4) is 0 Å². The summed E-state index contributed by atoms with van der Waals surface area (Å²) in [6, 6.07) is 14.5. The number of nitrogens with one attached hydrogen (secondary N) is 2. The number of H-pyrrole nitrogens is 1. The molecule has 1 aliphatic heterocycles. The predicted molar refractivity (Wildman–Crippen MR) is 121 cm³/mol. The van der Waals surface area contributed by atoms with E-state index in [-0.39, 0.29) is 11.5 Å². The SMILES string of the molecule is CC(=O)NCCC1=c2ccccc2=NC1=Cc1c(O)n(-c2ccc(C)cc2)c(=O)[nH]c1=O. The Balaban J connectivity index is 1.86. The summed E-state index contributed by atoms with van der Waals surface area (Å²) in [4.78, 5) is 43.2. The molecule has 3 aromatic rings. The van der Waals surface area contributed by atoms with Gasteiger partial charge >= 0.3 is 5.69 Å². The summed E-state index contributed by atoms with van der Waals surface area (Å²) in [6.07, 6.45) is 1.96. The zero-order valence-corrected chi connectivity index (χ0v) is 17.7. The second kappa shape index (κ2) is 8.50. The lowest BCUT2D eigenvalue weighted by atomic mass is 10.1. The number of hydrogen-bond donors (Lipinski definition) is 3. The number of rotatable bonds is 5. The van der Waals surface area contributed by atoms with Crippen molar-refractivity contribution in [3.63, 3.8) is 0 Å². The standard InChI is InChI=1S/C24H22N4O4/c1-14-7-9-16(10-8-14)28-23(31)19(22(30)27-24(28)32)13-21-18(11-12-25-15(2)29)17-5-3-4-6-20(17)26-21/h3-10,13,31H,11-12H2,1-2H3,(H,25,29)(H,27,30,32). The number of aryl methyl sites for hydroxylation is 1. The molecule has 0 aliphatic carbocycles. The average molecular weight is 430 g/mol. The normalized spacial score (nSPS) is 13.7. The van der Waals surface area contributed by atoms with Gasteiger partial charge in [0.05, 0.1) is 16.7 Å². The molecule has 0 spiro atoms. The largest absolute Gasteiger partial charge is 0.494 e. The van der Waals surface area contributed by atoms with Crippen LogP contribution in [0.1, 0.15) is 24.5 Å². The van der Waals surface area contributed by atoms with E-state index in [2.05, 4.69) is 15.3 Å². The number of hydrogen-bond acceptors (Lipinski definition) is 5. The minimum atomic E-state index is -0.736. The molecule has 1 aliphatic rings. The Morgan fingerprint density at radius 2 is 1.88 bits per heavy atom. The third-order valence-corrected chi connectivity index (χ3v) is 5.22. The molecule has 4 rings (SSSR count). The number of para-hydroxylation sites is 1. The van der Waals surface area contributed by atoms with E-state index in [1.54, 1.807) is 24.3 Å². The Morgan fingerprint density at radius 3 is 2.59 bits per heavy atom. The smallest absolute Gasteiger partial charge is 0.335 e. The lowest BCUT2D eigenvalue weighted by Crippen LogP contribution is -2.30. The average Bonchev–Trinajstić information content (AvgIpc) is 3.09. The van der Waals surface area contributed by atoms with Crippen LogP contribution in [0, 0.1) is 6.92 Å². The highest BCUT2D eigenvalue weighted by Crippen LogP contribution is 2.24. The number of aromatic nitrogens is 2. The number of allylic oxidation sites excluding steroid dienone is 1. The highest BCUT2D eigenvalue weighted by atomic mass is 16.3. The first-order chi connectivity index (χ1) is 15.3. The molecule has 8 nitrogen and oxygen atoms in total. The maximum absolute atomic E-state index is 12.6. The van der Waals surface area contributed by atoms with Gasteiger partial charge in [0.1, 0.15) is 5.56 Å². The van der Waals surface area contributed by atoms with E-state index < -0.39 is 17.1 Å². The van der Waals surface area contributed by atoms with E-state index >= 15 is 0 Å². The topological polar surface area (TPSA) is 117 Å². The predicted octanol–water partition coefficient (Wildman–Crippen LogP) is 0.891. The van der Waals surface area contributed by atoms with Crippen molar-refractivity contribution in [1.29, 1.82) is 0 Å². The van der Waals surface area contributed by atoms with Crippen LogP contribution in [-0.4, -0.2) is 27.1 Å². The zero-order valence-electron chi connectivity index (χ0n) is 17.7. The molecular formula is C24H22N4O4. The number of fused-ring (bicyclic) bond motifs is 1. The van der Waals surface area contributed by atoms with Crippen molar-refractivity contribution in [3.8, 4) is 11.6 Å². The van der Waals surface area contributed by atoms with Gasteiger partial charge in [-0.15, -0.1) is 0 Å². The van der Waals surface area contributed by atoms with Crippen molar-refractivity contribution in [2.45, 2.75) is 20.3 Å². The highest BCUT2D eigenvalue weighted by molar-refractivity contribution is 5.77. The second-order valence-corrected chi connectivity index (χ2v) is 7.54. The number of nitrogens with zero attached hydrogens (tertiary/aromatic N) is 2. The molecule has 3 N–H and O–H groups in total. The van der Waals surface area contributed by atoms with Gasteiger partial charge in [-0.05, 0) is 43.2 Å². The lowest BCUT2D eigenvalue weighted by molar-refractivity contribution is -0.118. The van der Waals surface area contributed by atoms with Crippen molar-refractivity contribution in [3.05, 3.63) is 96.8 Å². The van der Waals surface area contributed by atoms with Crippen molar-refractivity contribution in [2.24, 2.45) is 4.99 Å². The molecule has 0 saturated carbocycles. The molecule has 0 fully saturated rings. The maximum atomic E-state index is 12.6. The molecule has 8 heteroatoms. The zero-order chi connectivity index (χ0) is 22.8. The Bertz CT molecular complexity index is 1480. The number of carbonyl (C=O) groups excluding carboxylic acids is 1. The van der Waals surface area contributed by atoms with Crippen LogP contribution in [0.2, 0.25) is 0 Å². The van der Waals surface area contributed by atoms with Crippen molar-refractivity contribution in [2.75, 3.05) is 6.54 Å². The fourth-order valence-corrected chi connectivity index (χ4v) is 3.65. The van der Waals surface area contributed by atoms with Gasteiger partial charge in [-0.1, -0.05) is 35.9 Å². The summed E-state index contributed by atoms with van der Waals surface area (Å²) in [5, 5.41) is 15.3. The number of aromatic amines is 1. The Hall–Kier alpha value is -4.20. The minimum Gasteiger partial charge on any atom is -0.494 e. The van der Waals surface area contributed by atoms with Crippen molar-refractivity contribution >= 4 is 17.6 Å². The summed E-state index contributed by atoms with van der Waals surface area (Å²) in [6.45, 7) is 3.75. The summed E-state index contributed by atoms with van der Waals surface area (Å²) in [7, 11) is 0.